The second-order valence-electron chi connectivity index (χ2n) is 5.53. The molecule has 3 rings (SSSR count). The number of ether oxygens (including phenoxy) is 1. The van der Waals surface area contributed by atoms with Crippen LogP contribution >= 0.6 is 23.2 Å². The van der Waals surface area contributed by atoms with E-state index in [2.05, 4.69) is 9.82 Å². The molecule has 0 radical (unpaired) electrons. The van der Waals surface area contributed by atoms with Crippen LogP contribution in [0.3, 0.4) is 0 Å². The fourth-order valence-corrected chi connectivity index (χ4v) is 3.32. The predicted molar refractivity (Wildman–Crippen MR) is 104 cm³/mol. The Labute approximate surface area is 165 Å². The highest BCUT2D eigenvalue weighted by molar-refractivity contribution is 7.92. The van der Waals surface area contributed by atoms with Gasteiger partial charge in [0, 0.05) is 16.8 Å². The molecule has 0 saturated heterocycles. The summed E-state index contributed by atoms with van der Waals surface area (Å²) in [6, 6.07) is 12.6. The molecule has 0 aliphatic rings. The molecule has 0 unspecified atom stereocenters. The third-order valence-corrected chi connectivity index (χ3v) is 4.48. The number of aldehydes is 1. The van der Waals surface area contributed by atoms with Crippen molar-refractivity contribution in [2.75, 3.05) is 11.0 Å². The lowest BCUT2D eigenvalue weighted by Gasteiger charge is -2.11. The molecule has 0 fully saturated rings. The number of aromatic nitrogens is 2. The smallest absolute Gasteiger partial charge is 0.229 e. The number of rotatable bonds is 6. The number of carbonyl (C=O) groups is 1. The Morgan fingerprint density at radius 3 is 2.41 bits per heavy atom. The van der Waals surface area contributed by atoms with E-state index in [1.807, 2.05) is 0 Å². The lowest BCUT2D eigenvalue weighted by Crippen LogP contribution is -2.09. The Morgan fingerprint density at radius 2 is 1.81 bits per heavy atom. The van der Waals surface area contributed by atoms with Gasteiger partial charge >= 0.3 is 0 Å². The van der Waals surface area contributed by atoms with Crippen LogP contribution < -0.4 is 9.46 Å². The number of benzene rings is 2. The van der Waals surface area contributed by atoms with E-state index in [0.29, 0.717) is 33.5 Å². The van der Waals surface area contributed by atoms with E-state index in [-0.39, 0.29) is 11.6 Å². The SMILES string of the molecule is CS(=O)(=O)Nc1ccc(Oc2cc(C=O)nn2-c2ccc(Cl)cc2Cl)cc1. The summed E-state index contributed by atoms with van der Waals surface area (Å²) >= 11 is 12.1. The fraction of sp³-hybridized carbons (Fsp3) is 0.0588. The molecule has 0 atom stereocenters. The van der Waals surface area contributed by atoms with Crippen LogP contribution in [0.2, 0.25) is 10.0 Å². The lowest BCUT2D eigenvalue weighted by atomic mass is 10.3. The molecule has 1 heterocycles. The molecule has 1 aromatic heterocycles. The predicted octanol–water partition coefficient (Wildman–Crippen LogP) is 4.16. The van der Waals surface area contributed by atoms with Gasteiger partial charge in [-0.3, -0.25) is 9.52 Å². The number of halogens is 2. The van der Waals surface area contributed by atoms with Gasteiger partial charge in [0.25, 0.3) is 0 Å². The number of hydrogen-bond acceptors (Lipinski definition) is 5. The first-order chi connectivity index (χ1) is 12.7. The summed E-state index contributed by atoms with van der Waals surface area (Å²) in [6.07, 6.45) is 1.65. The van der Waals surface area contributed by atoms with E-state index in [4.69, 9.17) is 27.9 Å². The van der Waals surface area contributed by atoms with Crippen molar-refractivity contribution in [1.82, 2.24) is 9.78 Å². The molecule has 2 aromatic carbocycles. The molecule has 1 N–H and O–H groups in total. The molecule has 0 amide bonds. The van der Waals surface area contributed by atoms with Gasteiger partial charge in [0.15, 0.2) is 6.29 Å². The minimum absolute atomic E-state index is 0.159. The van der Waals surface area contributed by atoms with Gasteiger partial charge in [-0.25, -0.2) is 8.42 Å². The van der Waals surface area contributed by atoms with Gasteiger partial charge in [0.2, 0.25) is 15.9 Å². The molecule has 3 aromatic rings. The van der Waals surface area contributed by atoms with Crippen LogP contribution in [0.25, 0.3) is 5.69 Å². The molecule has 0 bridgehead atoms. The average molecular weight is 426 g/mol. The van der Waals surface area contributed by atoms with Gasteiger partial charge in [-0.05, 0) is 42.5 Å². The van der Waals surface area contributed by atoms with Crippen molar-refractivity contribution in [2.24, 2.45) is 0 Å². The molecular formula is C17H13Cl2N3O4S. The van der Waals surface area contributed by atoms with E-state index < -0.39 is 10.0 Å². The summed E-state index contributed by atoms with van der Waals surface area (Å²) in [5.41, 5.74) is 1.04. The Morgan fingerprint density at radius 1 is 1.11 bits per heavy atom. The molecular weight excluding hydrogens is 413 g/mol. The third-order valence-electron chi connectivity index (χ3n) is 3.33. The standard InChI is InChI=1S/C17H13Cl2N3O4S/c1-27(24,25)21-12-3-5-14(6-4-12)26-17-9-13(10-23)20-22(17)16-7-2-11(18)8-15(16)19/h2-10,21H,1H3. The van der Waals surface area contributed by atoms with Gasteiger partial charge in [0.05, 0.1) is 17.0 Å². The van der Waals surface area contributed by atoms with E-state index in [1.165, 1.54) is 10.7 Å². The van der Waals surface area contributed by atoms with Crippen LogP contribution in [0.15, 0.2) is 48.5 Å². The number of anilines is 1. The molecule has 7 nitrogen and oxygen atoms in total. The van der Waals surface area contributed by atoms with Gasteiger partial charge in [-0.1, -0.05) is 23.2 Å². The average Bonchev–Trinajstić information content (AvgIpc) is 2.98. The monoisotopic (exact) mass is 425 g/mol. The number of carbonyl (C=O) groups excluding carboxylic acids is 1. The molecule has 140 valence electrons. The number of nitrogens with one attached hydrogen (secondary N) is 1. The normalized spacial score (nSPS) is 11.2. The van der Waals surface area contributed by atoms with Crippen LogP contribution in [-0.2, 0) is 10.0 Å². The van der Waals surface area contributed by atoms with Crippen molar-refractivity contribution >= 4 is 45.2 Å². The van der Waals surface area contributed by atoms with Crippen LogP contribution in [-0.4, -0.2) is 30.7 Å². The van der Waals surface area contributed by atoms with Crippen LogP contribution in [0.5, 0.6) is 11.6 Å². The maximum absolute atomic E-state index is 11.3. The van der Waals surface area contributed by atoms with Gasteiger partial charge in [-0.15, -0.1) is 0 Å². The molecule has 0 spiro atoms. The van der Waals surface area contributed by atoms with Crippen molar-refractivity contribution in [2.45, 2.75) is 0 Å². The molecule has 10 heteroatoms. The van der Waals surface area contributed by atoms with Crippen molar-refractivity contribution < 1.29 is 17.9 Å². The summed E-state index contributed by atoms with van der Waals surface area (Å²) in [4.78, 5) is 11.1. The van der Waals surface area contributed by atoms with Crippen LogP contribution in [0.1, 0.15) is 10.5 Å². The van der Waals surface area contributed by atoms with Crippen molar-refractivity contribution in [3.63, 3.8) is 0 Å². The summed E-state index contributed by atoms with van der Waals surface area (Å²) in [5.74, 6) is 0.669. The van der Waals surface area contributed by atoms with Gasteiger partial charge in [-0.2, -0.15) is 9.78 Å². The van der Waals surface area contributed by atoms with Gasteiger partial charge < -0.3 is 4.74 Å². The number of hydrogen-bond donors (Lipinski definition) is 1. The highest BCUT2D eigenvalue weighted by Crippen LogP contribution is 2.30. The van der Waals surface area contributed by atoms with Crippen molar-refractivity contribution in [3.05, 3.63) is 64.3 Å². The van der Waals surface area contributed by atoms with E-state index in [9.17, 15) is 13.2 Å². The van der Waals surface area contributed by atoms with Crippen molar-refractivity contribution in [1.29, 1.82) is 0 Å². The van der Waals surface area contributed by atoms with Crippen LogP contribution in [0, 0.1) is 0 Å². The highest BCUT2D eigenvalue weighted by Gasteiger charge is 2.14. The summed E-state index contributed by atoms with van der Waals surface area (Å²) in [7, 11) is -3.37. The van der Waals surface area contributed by atoms with Gasteiger partial charge in [0.1, 0.15) is 11.4 Å². The molecule has 0 aliphatic carbocycles. The zero-order valence-electron chi connectivity index (χ0n) is 13.9. The number of sulfonamides is 1. The number of nitrogens with zero attached hydrogens (tertiary/aromatic N) is 2. The van der Waals surface area contributed by atoms with E-state index in [1.54, 1.807) is 42.5 Å². The second-order valence-corrected chi connectivity index (χ2v) is 8.13. The zero-order chi connectivity index (χ0) is 19.6. The Kier molecular flexibility index (Phi) is 5.41. The first kappa shape index (κ1) is 19.2. The summed E-state index contributed by atoms with van der Waals surface area (Å²) in [5, 5.41) is 4.95. The summed E-state index contributed by atoms with van der Waals surface area (Å²) in [6.45, 7) is 0. The Bertz CT molecular complexity index is 1100. The quantitative estimate of drug-likeness (QED) is 0.598. The minimum atomic E-state index is -3.37. The summed E-state index contributed by atoms with van der Waals surface area (Å²) < 4.78 is 32.0. The molecule has 27 heavy (non-hydrogen) atoms. The van der Waals surface area contributed by atoms with E-state index in [0.717, 1.165) is 6.26 Å². The fourth-order valence-electron chi connectivity index (χ4n) is 2.26. The Balaban J connectivity index is 1.93. The van der Waals surface area contributed by atoms with E-state index >= 15 is 0 Å². The maximum atomic E-state index is 11.3. The largest absolute Gasteiger partial charge is 0.439 e. The highest BCUT2D eigenvalue weighted by atomic mass is 35.5. The molecule has 0 saturated carbocycles. The zero-order valence-corrected chi connectivity index (χ0v) is 16.2. The minimum Gasteiger partial charge on any atom is -0.439 e. The topological polar surface area (TPSA) is 90.3 Å². The first-order valence-electron chi connectivity index (χ1n) is 7.51. The first-order valence-corrected chi connectivity index (χ1v) is 10.2. The third kappa shape index (κ3) is 4.79. The maximum Gasteiger partial charge on any atom is 0.229 e. The van der Waals surface area contributed by atoms with Crippen LogP contribution in [0.4, 0.5) is 5.69 Å². The second kappa shape index (κ2) is 7.59. The lowest BCUT2D eigenvalue weighted by molar-refractivity contribution is 0.111. The van der Waals surface area contributed by atoms with Crippen molar-refractivity contribution in [3.8, 4) is 17.3 Å². The molecule has 0 aliphatic heterocycles. The Hall–Kier alpha value is -2.55.